The van der Waals surface area contributed by atoms with E-state index >= 15 is 0 Å². The number of H-pyrrole nitrogens is 1. The van der Waals surface area contributed by atoms with Crippen LogP contribution in [0.3, 0.4) is 0 Å². The minimum Gasteiger partial charge on any atom is -0.366 e. The molecule has 2 aromatic heterocycles. The molecule has 7 heteroatoms. The van der Waals surface area contributed by atoms with Crippen LogP contribution in [0.2, 0.25) is 0 Å². The third-order valence-electron chi connectivity index (χ3n) is 7.59. The molecule has 3 fully saturated rings. The van der Waals surface area contributed by atoms with Gasteiger partial charge in [0, 0.05) is 67.9 Å². The average molecular weight is 410 g/mol. The van der Waals surface area contributed by atoms with Crippen LogP contribution >= 0.6 is 0 Å². The molecule has 1 unspecified atom stereocenters. The minimum absolute atomic E-state index is 0.100. The number of hydrogen-bond acceptors (Lipinski definition) is 3. The van der Waals surface area contributed by atoms with Crippen LogP contribution < -0.4 is 0 Å². The van der Waals surface area contributed by atoms with Crippen LogP contribution in [0.15, 0.2) is 24.8 Å². The summed E-state index contributed by atoms with van der Waals surface area (Å²) in [5, 5.41) is 4.24. The van der Waals surface area contributed by atoms with Crippen molar-refractivity contribution >= 4 is 11.8 Å². The number of piperidine rings is 1. The molecule has 2 saturated heterocycles. The number of nitrogens with zero attached hydrogens (tertiary/aromatic N) is 4. The molecule has 0 spiro atoms. The van der Waals surface area contributed by atoms with Gasteiger partial charge in [0.15, 0.2) is 0 Å². The monoisotopic (exact) mass is 409 g/mol. The van der Waals surface area contributed by atoms with Crippen molar-refractivity contribution in [1.29, 1.82) is 0 Å². The Kier molecular flexibility index (Phi) is 4.71. The Balaban J connectivity index is 1.31. The molecule has 5 rings (SSSR count). The molecule has 1 aliphatic carbocycles. The van der Waals surface area contributed by atoms with Crippen molar-refractivity contribution in [2.75, 3.05) is 7.05 Å². The molecule has 3 aliphatic rings. The van der Waals surface area contributed by atoms with Crippen molar-refractivity contribution in [2.24, 2.45) is 18.9 Å². The van der Waals surface area contributed by atoms with E-state index in [1.165, 1.54) is 0 Å². The standard InChI is InChI=1S/C23H31N5O2/c1-4-14-7-19(14)22(29)27(3)18-8-16-5-6-17(9-18)28(16)23(30)21-12-24-11-20(21)15-10-25-26(2)13-15/h10-14,16-19,24H,4-9H2,1-3H3/t14-,16-,17+,18?,19-/m1/s1. The van der Waals surface area contributed by atoms with E-state index in [2.05, 4.69) is 21.9 Å². The summed E-state index contributed by atoms with van der Waals surface area (Å²) in [5.74, 6) is 1.23. The first-order valence-corrected chi connectivity index (χ1v) is 11.2. The molecule has 2 aromatic rings. The zero-order chi connectivity index (χ0) is 21.0. The molecule has 30 heavy (non-hydrogen) atoms. The lowest BCUT2D eigenvalue weighted by atomic mass is 9.94. The van der Waals surface area contributed by atoms with Gasteiger partial charge in [-0.15, -0.1) is 0 Å². The minimum atomic E-state index is 0.100. The van der Waals surface area contributed by atoms with Gasteiger partial charge < -0.3 is 14.8 Å². The molecule has 1 saturated carbocycles. The number of amides is 2. The lowest BCUT2D eigenvalue weighted by molar-refractivity contribution is -0.134. The zero-order valence-electron chi connectivity index (χ0n) is 18.0. The van der Waals surface area contributed by atoms with E-state index in [1.54, 1.807) is 10.9 Å². The predicted octanol–water partition coefficient (Wildman–Crippen LogP) is 3.06. The van der Waals surface area contributed by atoms with Crippen molar-refractivity contribution in [3.8, 4) is 11.1 Å². The van der Waals surface area contributed by atoms with Crippen molar-refractivity contribution in [1.82, 2.24) is 24.6 Å². The highest BCUT2D eigenvalue weighted by Crippen LogP contribution is 2.44. The van der Waals surface area contributed by atoms with E-state index in [9.17, 15) is 9.59 Å². The molecular weight excluding hydrogens is 378 g/mol. The van der Waals surface area contributed by atoms with Crippen LogP contribution in [-0.2, 0) is 11.8 Å². The fraction of sp³-hybridized carbons (Fsp3) is 0.609. The quantitative estimate of drug-likeness (QED) is 0.825. The third kappa shape index (κ3) is 3.15. The number of fused-ring (bicyclic) bond motifs is 2. The van der Waals surface area contributed by atoms with E-state index in [4.69, 9.17) is 0 Å². The largest absolute Gasteiger partial charge is 0.366 e. The third-order valence-corrected chi connectivity index (χ3v) is 7.59. The molecule has 2 aliphatic heterocycles. The number of nitrogens with one attached hydrogen (secondary N) is 1. The first-order valence-electron chi connectivity index (χ1n) is 11.2. The van der Waals surface area contributed by atoms with Crippen molar-refractivity contribution in [2.45, 2.75) is 63.6 Å². The lowest BCUT2D eigenvalue weighted by Crippen LogP contribution is -2.53. The van der Waals surface area contributed by atoms with Crippen molar-refractivity contribution < 1.29 is 9.59 Å². The van der Waals surface area contributed by atoms with E-state index in [-0.39, 0.29) is 30.0 Å². The van der Waals surface area contributed by atoms with Crippen molar-refractivity contribution in [3.05, 3.63) is 30.4 Å². The second kappa shape index (κ2) is 7.29. The van der Waals surface area contributed by atoms with E-state index in [0.717, 1.165) is 49.7 Å². The number of aryl methyl sites for hydroxylation is 1. The average Bonchev–Trinajstić information content (AvgIpc) is 3.02. The molecule has 0 radical (unpaired) electrons. The predicted molar refractivity (Wildman–Crippen MR) is 114 cm³/mol. The maximum absolute atomic E-state index is 13.5. The molecule has 7 nitrogen and oxygen atoms in total. The Bertz CT molecular complexity index is 948. The number of carbonyl (C=O) groups is 2. The Morgan fingerprint density at radius 3 is 2.53 bits per heavy atom. The van der Waals surface area contributed by atoms with E-state index in [0.29, 0.717) is 17.4 Å². The van der Waals surface area contributed by atoms with Gasteiger partial charge in [0.05, 0.1) is 11.8 Å². The van der Waals surface area contributed by atoms with Crippen LogP contribution in [0.1, 0.15) is 55.8 Å². The Morgan fingerprint density at radius 1 is 1.20 bits per heavy atom. The summed E-state index contributed by atoms with van der Waals surface area (Å²) in [6.07, 6.45) is 13.4. The number of hydrogen-bond donors (Lipinski definition) is 1. The summed E-state index contributed by atoms with van der Waals surface area (Å²) in [6.45, 7) is 2.17. The van der Waals surface area contributed by atoms with E-state index < -0.39 is 0 Å². The molecule has 2 bridgehead atoms. The van der Waals surface area contributed by atoms with Gasteiger partial charge in [0.2, 0.25) is 5.91 Å². The molecule has 0 aromatic carbocycles. The first kappa shape index (κ1) is 19.4. The van der Waals surface area contributed by atoms with Gasteiger partial charge in [-0.05, 0) is 38.0 Å². The van der Waals surface area contributed by atoms with Crippen LogP contribution in [0, 0.1) is 11.8 Å². The summed E-state index contributed by atoms with van der Waals surface area (Å²) < 4.78 is 1.75. The second-order valence-corrected chi connectivity index (χ2v) is 9.37. The summed E-state index contributed by atoms with van der Waals surface area (Å²) in [4.78, 5) is 33.6. The maximum Gasteiger partial charge on any atom is 0.256 e. The molecule has 4 heterocycles. The second-order valence-electron chi connectivity index (χ2n) is 9.37. The summed E-state index contributed by atoms with van der Waals surface area (Å²) in [7, 11) is 3.85. The molecule has 2 amide bonds. The van der Waals surface area contributed by atoms with Crippen LogP contribution in [0.5, 0.6) is 0 Å². The SMILES string of the molecule is CC[C@@H]1C[C@H]1C(=O)N(C)C1C[C@H]2CC[C@@H](C1)N2C(=O)c1c[nH]cc1-c1cnn(C)c1. The number of aromatic nitrogens is 3. The highest BCUT2D eigenvalue weighted by molar-refractivity contribution is 6.01. The normalized spacial score (nSPS) is 29.8. The van der Waals surface area contributed by atoms with Crippen LogP contribution in [0.25, 0.3) is 11.1 Å². The fourth-order valence-electron chi connectivity index (χ4n) is 5.72. The van der Waals surface area contributed by atoms with Crippen LogP contribution in [-0.4, -0.2) is 61.6 Å². The van der Waals surface area contributed by atoms with Gasteiger partial charge in [0.1, 0.15) is 0 Å². The molecule has 160 valence electrons. The first-order chi connectivity index (χ1) is 14.5. The molecule has 1 N–H and O–H groups in total. The Labute approximate surface area is 177 Å². The van der Waals surface area contributed by atoms with Gasteiger partial charge in [-0.3, -0.25) is 14.3 Å². The van der Waals surface area contributed by atoms with E-state index in [1.807, 2.05) is 37.6 Å². The summed E-state index contributed by atoms with van der Waals surface area (Å²) >= 11 is 0. The number of carbonyl (C=O) groups excluding carboxylic acids is 2. The molecule has 5 atom stereocenters. The van der Waals surface area contributed by atoms with Gasteiger partial charge in [0.25, 0.3) is 5.91 Å². The summed E-state index contributed by atoms with van der Waals surface area (Å²) in [5.41, 5.74) is 2.57. The number of rotatable bonds is 5. The van der Waals surface area contributed by atoms with Gasteiger partial charge >= 0.3 is 0 Å². The zero-order valence-corrected chi connectivity index (χ0v) is 18.0. The summed E-state index contributed by atoms with van der Waals surface area (Å²) in [6, 6.07) is 0.685. The maximum atomic E-state index is 13.5. The highest BCUT2D eigenvalue weighted by atomic mass is 16.2. The fourth-order valence-corrected chi connectivity index (χ4v) is 5.72. The topological polar surface area (TPSA) is 74.2 Å². The number of aromatic amines is 1. The Morgan fingerprint density at radius 2 is 1.93 bits per heavy atom. The molecular formula is C23H31N5O2. The highest BCUT2D eigenvalue weighted by Gasteiger charge is 2.48. The van der Waals surface area contributed by atoms with Crippen molar-refractivity contribution in [3.63, 3.8) is 0 Å². The van der Waals surface area contributed by atoms with Gasteiger partial charge in [-0.25, -0.2) is 0 Å². The Hall–Kier alpha value is -2.57. The smallest absolute Gasteiger partial charge is 0.256 e. The lowest BCUT2D eigenvalue weighted by Gasteiger charge is -2.42. The van der Waals surface area contributed by atoms with Gasteiger partial charge in [-0.1, -0.05) is 13.3 Å². The van der Waals surface area contributed by atoms with Crippen LogP contribution in [0.4, 0.5) is 0 Å². The van der Waals surface area contributed by atoms with Gasteiger partial charge in [-0.2, -0.15) is 5.10 Å².